The molecule has 0 aromatic carbocycles. The Hall–Kier alpha value is -3.70. The summed E-state index contributed by atoms with van der Waals surface area (Å²) in [5.74, 6) is -0.397. The highest BCUT2D eigenvalue weighted by molar-refractivity contribution is 8.00. The van der Waals surface area contributed by atoms with E-state index in [9.17, 15) is 28.8 Å². The number of hydrogen-bond acceptors (Lipinski definition) is 10. The first kappa shape index (κ1) is 35.8. The number of amides is 6. The molecule has 0 spiro atoms. The summed E-state index contributed by atoms with van der Waals surface area (Å²) in [6, 6.07) is -0.591. The third-order valence-corrected chi connectivity index (χ3v) is 8.67. The number of ether oxygens (including phenoxy) is 2. The molecule has 1 aromatic heterocycles. The number of thioether (sulfide) groups is 1. The SMILES string of the molecule is O=CCNC(=O)[C@H](Cc1cnc[nH]1)NC(=O)CCC(=O)NCCOCCOCCNC(=O)CCCCC1SC[C@@H]2NC(=O)N[C@H]12. The molecule has 2 aliphatic rings. The Bertz CT molecular complexity index is 1110. The van der Waals surface area contributed by atoms with Crippen LogP contribution in [0.15, 0.2) is 12.5 Å². The van der Waals surface area contributed by atoms with Crippen molar-refractivity contribution in [2.75, 3.05) is 51.8 Å². The van der Waals surface area contributed by atoms with Crippen molar-refractivity contribution in [3.63, 3.8) is 0 Å². The van der Waals surface area contributed by atoms with E-state index in [4.69, 9.17) is 9.47 Å². The van der Waals surface area contributed by atoms with E-state index in [-0.39, 0.29) is 68.9 Å². The van der Waals surface area contributed by atoms with Crippen molar-refractivity contribution in [1.29, 1.82) is 0 Å². The third-order valence-electron chi connectivity index (χ3n) is 7.16. The van der Waals surface area contributed by atoms with Gasteiger partial charge in [0.25, 0.3) is 0 Å². The maximum absolute atomic E-state index is 12.3. The van der Waals surface area contributed by atoms with Crippen LogP contribution in [0.1, 0.15) is 44.2 Å². The van der Waals surface area contributed by atoms with Crippen molar-refractivity contribution < 1.29 is 38.2 Å². The van der Waals surface area contributed by atoms with E-state index in [0.29, 0.717) is 50.0 Å². The molecule has 4 atom stereocenters. The summed E-state index contributed by atoms with van der Waals surface area (Å²) < 4.78 is 10.9. The molecule has 1 aromatic rings. The topological polar surface area (TPSA) is 222 Å². The van der Waals surface area contributed by atoms with Gasteiger partial charge in [-0.25, -0.2) is 9.78 Å². The van der Waals surface area contributed by atoms with Crippen LogP contribution in [-0.4, -0.2) is 121 Å². The summed E-state index contributed by atoms with van der Waals surface area (Å²) in [5.41, 5.74) is 0.631. The maximum atomic E-state index is 12.3. The standard InChI is InChI=1S/C28H44N8O8S/c37-10-7-32-27(41)20(15-19-16-29-18-33-19)34-25(40)6-5-24(39)31-9-12-44-14-13-43-11-8-30-23(38)4-2-1-3-22-26-21(17-45-22)35-28(42)36-26/h10,16,18,20-22,26H,1-9,11-15,17H2,(H,29,33)(H,30,38)(H,31,39)(H,32,41)(H,34,40)(H2,35,36,42)/t20-,21-,22?,26-/m0/s1. The van der Waals surface area contributed by atoms with E-state index in [1.807, 2.05) is 11.8 Å². The maximum Gasteiger partial charge on any atom is 0.315 e. The Balaban J connectivity index is 1.11. The number of aldehydes is 1. The molecule has 1 unspecified atom stereocenters. The van der Waals surface area contributed by atoms with E-state index < -0.39 is 17.9 Å². The number of aromatic nitrogens is 2. The molecular formula is C28H44N8O8S. The molecule has 0 aliphatic carbocycles. The lowest BCUT2D eigenvalue weighted by Crippen LogP contribution is -2.48. The fraction of sp³-hybridized carbons (Fsp3) is 0.679. The largest absolute Gasteiger partial charge is 0.377 e. The van der Waals surface area contributed by atoms with E-state index in [2.05, 4.69) is 41.9 Å². The molecule has 0 bridgehead atoms. The Morgan fingerprint density at radius 3 is 2.36 bits per heavy atom. The van der Waals surface area contributed by atoms with Crippen molar-refractivity contribution in [2.24, 2.45) is 0 Å². The smallest absolute Gasteiger partial charge is 0.315 e. The van der Waals surface area contributed by atoms with E-state index >= 15 is 0 Å². The first-order valence-electron chi connectivity index (χ1n) is 15.2. The number of hydrogen-bond donors (Lipinski definition) is 7. The number of imidazole rings is 1. The zero-order valence-corrected chi connectivity index (χ0v) is 26.1. The molecule has 45 heavy (non-hydrogen) atoms. The molecule has 0 saturated carbocycles. The molecule has 3 heterocycles. The Morgan fingerprint density at radius 1 is 0.956 bits per heavy atom. The van der Waals surface area contributed by atoms with Crippen molar-refractivity contribution in [3.05, 3.63) is 18.2 Å². The summed E-state index contributed by atoms with van der Waals surface area (Å²) >= 11 is 1.87. The van der Waals surface area contributed by atoms with Gasteiger partial charge >= 0.3 is 6.03 Å². The van der Waals surface area contributed by atoms with Gasteiger partial charge in [-0.2, -0.15) is 11.8 Å². The Morgan fingerprint density at radius 2 is 1.67 bits per heavy atom. The highest BCUT2D eigenvalue weighted by Gasteiger charge is 2.42. The molecule has 16 nitrogen and oxygen atoms in total. The van der Waals surface area contributed by atoms with Crippen LogP contribution < -0.4 is 31.9 Å². The number of nitrogens with one attached hydrogen (secondary N) is 7. The molecule has 3 rings (SSSR count). The normalized spacial score (nSPS) is 19.1. The van der Waals surface area contributed by atoms with Gasteiger partial charge in [0.05, 0.1) is 51.4 Å². The number of fused-ring (bicyclic) bond motifs is 1. The van der Waals surface area contributed by atoms with Crippen molar-refractivity contribution in [1.82, 2.24) is 41.9 Å². The average molecular weight is 653 g/mol. The van der Waals surface area contributed by atoms with Crippen LogP contribution in [0.25, 0.3) is 0 Å². The predicted octanol–water partition coefficient (Wildman–Crippen LogP) is -1.48. The minimum atomic E-state index is -0.921. The highest BCUT2D eigenvalue weighted by atomic mass is 32.2. The second-order valence-electron chi connectivity index (χ2n) is 10.6. The number of rotatable bonds is 23. The predicted molar refractivity (Wildman–Crippen MR) is 164 cm³/mol. The quantitative estimate of drug-likeness (QED) is 0.0413. The Kier molecular flexibility index (Phi) is 16.2. The summed E-state index contributed by atoms with van der Waals surface area (Å²) in [7, 11) is 0. The lowest BCUT2D eigenvalue weighted by atomic mass is 10.0. The van der Waals surface area contributed by atoms with Crippen LogP contribution in [0.5, 0.6) is 0 Å². The molecular weight excluding hydrogens is 608 g/mol. The van der Waals surface area contributed by atoms with Gasteiger partial charge < -0.3 is 51.2 Å². The van der Waals surface area contributed by atoms with Crippen LogP contribution in [0, 0.1) is 0 Å². The molecule has 17 heteroatoms. The monoisotopic (exact) mass is 652 g/mol. The average Bonchev–Trinajstić information content (AvgIpc) is 3.76. The zero-order chi connectivity index (χ0) is 32.3. The van der Waals surface area contributed by atoms with Gasteiger partial charge in [0.15, 0.2) is 0 Å². The number of carbonyl (C=O) groups is 6. The van der Waals surface area contributed by atoms with Gasteiger partial charge in [0.1, 0.15) is 12.3 Å². The number of nitrogens with zero attached hydrogens (tertiary/aromatic N) is 1. The third kappa shape index (κ3) is 13.9. The fourth-order valence-electron chi connectivity index (χ4n) is 4.88. The first-order valence-corrected chi connectivity index (χ1v) is 16.3. The van der Waals surface area contributed by atoms with E-state index in [1.54, 1.807) is 0 Å². The fourth-order valence-corrected chi connectivity index (χ4v) is 6.43. The number of carbonyl (C=O) groups excluding carboxylic acids is 6. The molecule has 2 saturated heterocycles. The van der Waals surface area contributed by atoms with Gasteiger partial charge in [0, 0.05) is 61.7 Å². The number of aromatic amines is 1. The molecule has 6 amide bonds. The highest BCUT2D eigenvalue weighted by Crippen LogP contribution is 2.33. The van der Waals surface area contributed by atoms with Crippen LogP contribution in [0.3, 0.4) is 0 Å². The first-order chi connectivity index (χ1) is 21.9. The molecule has 250 valence electrons. The van der Waals surface area contributed by atoms with Crippen molar-refractivity contribution in [3.8, 4) is 0 Å². The van der Waals surface area contributed by atoms with E-state index in [1.165, 1.54) is 12.5 Å². The van der Waals surface area contributed by atoms with E-state index in [0.717, 1.165) is 25.0 Å². The zero-order valence-electron chi connectivity index (χ0n) is 25.3. The van der Waals surface area contributed by atoms with Gasteiger partial charge in [-0.1, -0.05) is 6.42 Å². The summed E-state index contributed by atoms with van der Waals surface area (Å²) in [6.45, 7) is 1.81. The van der Waals surface area contributed by atoms with Crippen LogP contribution in [0.4, 0.5) is 4.79 Å². The minimum absolute atomic E-state index is 0.00936. The Labute approximate surface area is 266 Å². The molecule has 7 N–H and O–H groups in total. The lowest BCUT2D eigenvalue weighted by Gasteiger charge is -2.17. The molecule has 2 fully saturated rings. The van der Waals surface area contributed by atoms with Gasteiger partial charge in [-0.05, 0) is 12.8 Å². The van der Waals surface area contributed by atoms with Gasteiger partial charge in [0.2, 0.25) is 23.6 Å². The number of urea groups is 1. The van der Waals surface area contributed by atoms with Crippen LogP contribution >= 0.6 is 11.8 Å². The second kappa shape index (κ2) is 20.4. The van der Waals surface area contributed by atoms with Crippen LogP contribution in [0.2, 0.25) is 0 Å². The summed E-state index contributed by atoms with van der Waals surface area (Å²) in [5, 5.41) is 16.8. The van der Waals surface area contributed by atoms with Crippen LogP contribution in [-0.2, 0) is 39.9 Å². The van der Waals surface area contributed by atoms with Gasteiger partial charge in [-0.15, -0.1) is 0 Å². The number of H-pyrrole nitrogens is 1. The summed E-state index contributed by atoms with van der Waals surface area (Å²) in [4.78, 5) is 77.5. The van der Waals surface area contributed by atoms with Crippen molar-refractivity contribution in [2.45, 2.75) is 68.3 Å². The van der Waals surface area contributed by atoms with Gasteiger partial charge in [-0.3, -0.25) is 19.2 Å². The number of unbranched alkanes of at least 4 members (excludes halogenated alkanes) is 1. The van der Waals surface area contributed by atoms with Crippen molar-refractivity contribution >= 4 is 47.7 Å². The molecule has 2 aliphatic heterocycles. The lowest BCUT2D eigenvalue weighted by molar-refractivity contribution is -0.130. The molecule has 0 radical (unpaired) electrons. The second-order valence-corrected chi connectivity index (χ2v) is 11.9. The summed E-state index contributed by atoms with van der Waals surface area (Å²) in [6.07, 6.45) is 6.68. The minimum Gasteiger partial charge on any atom is -0.377 e.